The summed E-state index contributed by atoms with van der Waals surface area (Å²) in [6.07, 6.45) is -7.60. The number of rotatable bonds is 8. The number of hydrogen-bond donors (Lipinski definition) is 1. The Morgan fingerprint density at radius 1 is 0.917 bits per heavy atom. The lowest BCUT2D eigenvalue weighted by Gasteiger charge is -2.43. The molecule has 3 aromatic carbocycles. The van der Waals surface area contributed by atoms with Crippen molar-refractivity contribution in [3.05, 3.63) is 82.4 Å². The van der Waals surface area contributed by atoms with E-state index in [0.29, 0.717) is 28.0 Å². The van der Waals surface area contributed by atoms with Crippen molar-refractivity contribution in [2.75, 3.05) is 13.7 Å². The van der Waals surface area contributed by atoms with Gasteiger partial charge in [-0.05, 0) is 30.3 Å². The molecule has 3 heterocycles. The molecular weight excluding hydrogens is 635 g/mol. The van der Waals surface area contributed by atoms with Crippen LogP contribution in [0.5, 0.6) is 23.0 Å². The van der Waals surface area contributed by atoms with Gasteiger partial charge in [-0.25, -0.2) is 9.18 Å². The molecule has 0 saturated carbocycles. The van der Waals surface area contributed by atoms with Gasteiger partial charge in [-0.2, -0.15) is 0 Å². The van der Waals surface area contributed by atoms with Crippen molar-refractivity contribution >= 4 is 23.9 Å². The van der Waals surface area contributed by atoms with E-state index in [0.717, 1.165) is 20.8 Å². The largest absolute Gasteiger partial charge is 0.497 e. The van der Waals surface area contributed by atoms with E-state index in [2.05, 4.69) is 0 Å². The molecule has 0 bridgehead atoms. The molecule has 0 aromatic heterocycles. The van der Waals surface area contributed by atoms with Gasteiger partial charge in [-0.1, -0.05) is 18.2 Å². The summed E-state index contributed by atoms with van der Waals surface area (Å²) in [6, 6.07) is 14.8. The maximum atomic E-state index is 15.2. The quantitative estimate of drug-likeness (QED) is 0.274. The van der Waals surface area contributed by atoms with Crippen molar-refractivity contribution < 1.29 is 66.6 Å². The Hall–Kier alpha value is -5.21. The van der Waals surface area contributed by atoms with E-state index in [1.165, 1.54) is 13.2 Å². The molecule has 13 nitrogen and oxygen atoms in total. The number of alkyl halides is 1. The van der Waals surface area contributed by atoms with Crippen LogP contribution in [0.4, 0.5) is 4.39 Å². The lowest BCUT2D eigenvalue weighted by atomic mass is 9.77. The van der Waals surface area contributed by atoms with Gasteiger partial charge >= 0.3 is 23.9 Å². The minimum absolute atomic E-state index is 0.0173. The summed E-state index contributed by atoms with van der Waals surface area (Å²) in [5.41, 5.74) is -0.00926. The van der Waals surface area contributed by atoms with E-state index in [9.17, 15) is 24.3 Å². The predicted octanol–water partition coefficient (Wildman–Crippen LogP) is 3.62. The van der Waals surface area contributed by atoms with Crippen LogP contribution in [-0.4, -0.2) is 73.4 Å². The predicted molar refractivity (Wildman–Crippen MR) is 159 cm³/mol. The number of benzene rings is 3. The molecule has 3 aliphatic heterocycles. The van der Waals surface area contributed by atoms with Gasteiger partial charge in [-0.15, -0.1) is 0 Å². The first-order valence-electron chi connectivity index (χ1n) is 14.9. The van der Waals surface area contributed by atoms with Gasteiger partial charge in [0.25, 0.3) is 0 Å². The molecule has 6 rings (SSSR count). The van der Waals surface area contributed by atoms with Gasteiger partial charge in [0.05, 0.1) is 18.2 Å². The third kappa shape index (κ3) is 5.56. The van der Waals surface area contributed by atoms with Gasteiger partial charge in [-0.3, -0.25) is 14.4 Å². The zero-order chi connectivity index (χ0) is 34.3. The number of esters is 4. The third-order valence-corrected chi connectivity index (χ3v) is 8.20. The first-order valence-corrected chi connectivity index (χ1v) is 14.9. The van der Waals surface area contributed by atoms with E-state index in [1.807, 2.05) is 0 Å². The highest BCUT2D eigenvalue weighted by atomic mass is 19.1. The number of halogens is 1. The van der Waals surface area contributed by atoms with Crippen LogP contribution in [0.1, 0.15) is 53.4 Å². The van der Waals surface area contributed by atoms with Crippen LogP contribution in [0.2, 0.25) is 0 Å². The number of carbonyl (C=O) groups excluding carboxylic acids is 4. The lowest BCUT2D eigenvalue weighted by molar-refractivity contribution is -0.285. The van der Waals surface area contributed by atoms with Crippen LogP contribution >= 0.6 is 0 Å². The SMILES string of the molecule is COc1ccc2c(c1)Oc1c(ccc(OC3O[C@H](COC(C)=O)[C@H](OC(C)=O)[C@H](OC(C)=O)[C@H]3O)c1CF)C21OC(=O)c2ccccc21. The van der Waals surface area contributed by atoms with Crippen LogP contribution in [-0.2, 0) is 50.3 Å². The molecule has 252 valence electrons. The molecule has 3 aliphatic rings. The molecule has 1 spiro atoms. The van der Waals surface area contributed by atoms with E-state index in [-0.39, 0.29) is 22.8 Å². The molecule has 0 radical (unpaired) electrons. The standard InChI is InChI=1S/C34H31FO13/c1-16(36)42-15-27-30(43-17(2)37)31(44-18(3)38)28(39)33(47-27)46-25-12-11-24-29(21(25)14-35)45-26-13-19(41-4)9-10-23(26)34(24)22-8-6-5-7-20(22)32(40)48-34/h5-13,27-28,30-31,33,39H,14-15H2,1-4H3/t27-,28-,30+,31-,33?,34?/m1/s1. The fourth-order valence-corrected chi connectivity index (χ4v) is 6.23. The lowest BCUT2D eigenvalue weighted by Crippen LogP contribution is -2.62. The molecule has 6 atom stereocenters. The number of carbonyl (C=O) groups is 4. The van der Waals surface area contributed by atoms with Crippen molar-refractivity contribution in [1.29, 1.82) is 0 Å². The van der Waals surface area contributed by atoms with Crippen molar-refractivity contribution in [3.63, 3.8) is 0 Å². The second-order valence-corrected chi connectivity index (χ2v) is 11.2. The van der Waals surface area contributed by atoms with Crippen molar-refractivity contribution in [2.45, 2.75) is 63.8 Å². The summed E-state index contributed by atoms with van der Waals surface area (Å²) in [7, 11) is 1.47. The fourth-order valence-electron chi connectivity index (χ4n) is 6.23. The molecule has 0 aliphatic carbocycles. The second kappa shape index (κ2) is 12.8. The minimum Gasteiger partial charge on any atom is -0.497 e. The van der Waals surface area contributed by atoms with Crippen LogP contribution in [0.15, 0.2) is 54.6 Å². The van der Waals surface area contributed by atoms with Crippen LogP contribution in [0.3, 0.4) is 0 Å². The van der Waals surface area contributed by atoms with Gasteiger partial charge in [0.1, 0.15) is 42.4 Å². The van der Waals surface area contributed by atoms with Gasteiger partial charge < -0.3 is 43.0 Å². The van der Waals surface area contributed by atoms with Crippen LogP contribution in [0, 0.1) is 0 Å². The van der Waals surface area contributed by atoms with Gasteiger partial charge in [0, 0.05) is 43.5 Å². The Morgan fingerprint density at radius 2 is 1.62 bits per heavy atom. The maximum Gasteiger partial charge on any atom is 0.340 e. The Kier molecular flexibility index (Phi) is 8.70. The third-order valence-electron chi connectivity index (χ3n) is 8.20. The van der Waals surface area contributed by atoms with Gasteiger partial charge in [0.15, 0.2) is 23.9 Å². The summed E-state index contributed by atoms with van der Waals surface area (Å²) in [4.78, 5) is 48.8. The summed E-state index contributed by atoms with van der Waals surface area (Å²) in [5.74, 6) is -2.37. The Bertz CT molecular complexity index is 1790. The number of hydrogen-bond acceptors (Lipinski definition) is 13. The Labute approximate surface area is 273 Å². The van der Waals surface area contributed by atoms with E-state index < -0.39 is 73.5 Å². The van der Waals surface area contributed by atoms with Gasteiger partial charge in [0.2, 0.25) is 6.29 Å². The van der Waals surface area contributed by atoms with Crippen molar-refractivity contribution in [3.8, 4) is 23.0 Å². The maximum absolute atomic E-state index is 15.2. The highest BCUT2D eigenvalue weighted by Gasteiger charge is 2.55. The zero-order valence-electron chi connectivity index (χ0n) is 26.2. The number of ether oxygens (including phenoxy) is 8. The highest BCUT2D eigenvalue weighted by molar-refractivity contribution is 5.97. The normalized spacial score (nSPS) is 25.0. The Balaban J connectivity index is 1.44. The number of fused-ring (bicyclic) bond motifs is 6. The molecule has 0 amide bonds. The number of aliphatic hydroxyl groups excluding tert-OH is 1. The molecular formula is C34H31FO13. The van der Waals surface area contributed by atoms with Crippen molar-refractivity contribution in [2.24, 2.45) is 0 Å². The highest BCUT2D eigenvalue weighted by Crippen LogP contribution is 2.58. The molecule has 1 N–H and O–H groups in total. The van der Waals surface area contributed by atoms with Crippen LogP contribution in [0.25, 0.3) is 0 Å². The fraction of sp³-hybridized carbons (Fsp3) is 0.353. The average Bonchev–Trinajstić information content (AvgIpc) is 3.34. The first kappa shape index (κ1) is 32.7. The molecule has 3 aromatic rings. The van der Waals surface area contributed by atoms with Crippen LogP contribution < -0.4 is 14.2 Å². The molecule has 1 fully saturated rings. The zero-order valence-corrected chi connectivity index (χ0v) is 26.2. The second-order valence-electron chi connectivity index (χ2n) is 11.2. The number of methoxy groups -OCH3 is 1. The molecule has 2 unspecified atom stereocenters. The first-order chi connectivity index (χ1) is 23.0. The van der Waals surface area contributed by atoms with E-state index in [4.69, 9.17) is 37.9 Å². The molecule has 48 heavy (non-hydrogen) atoms. The van der Waals surface area contributed by atoms with E-state index >= 15 is 4.39 Å². The van der Waals surface area contributed by atoms with E-state index in [1.54, 1.807) is 48.5 Å². The monoisotopic (exact) mass is 666 g/mol. The average molecular weight is 667 g/mol. The summed E-state index contributed by atoms with van der Waals surface area (Å²) >= 11 is 0. The summed E-state index contributed by atoms with van der Waals surface area (Å²) < 4.78 is 60.6. The Morgan fingerprint density at radius 3 is 2.31 bits per heavy atom. The smallest absolute Gasteiger partial charge is 0.340 e. The summed E-state index contributed by atoms with van der Waals surface area (Å²) in [5, 5.41) is 11.3. The molecule has 1 saturated heterocycles. The minimum atomic E-state index is -1.77. The van der Waals surface area contributed by atoms with Crippen molar-refractivity contribution in [1.82, 2.24) is 0 Å². The topological polar surface area (TPSA) is 162 Å². The summed E-state index contributed by atoms with van der Waals surface area (Å²) in [6.45, 7) is 1.73. The molecule has 14 heteroatoms. The number of aliphatic hydroxyl groups is 1.